The largest absolute Gasteiger partial charge is 0.492 e. The van der Waals surface area contributed by atoms with Crippen molar-refractivity contribution in [1.82, 2.24) is 4.90 Å². The van der Waals surface area contributed by atoms with E-state index in [-0.39, 0.29) is 11.9 Å². The molecule has 0 aliphatic carbocycles. The molecule has 2 aromatic rings. The van der Waals surface area contributed by atoms with Crippen LogP contribution in [0, 0.1) is 0 Å². The quantitative estimate of drug-likeness (QED) is 0.868. The third kappa shape index (κ3) is 3.53. The van der Waals surface area contributed by atoms with Crippen LogP contribution in [0.5, 0.6) is 5.75 Å². The summed E-state index contributed by atoms with van der Waals surface area (Å²) in [5.41, 5.74) is 3.32. The first-order valence-electron chi connectivity index (χ1n) is 9.25. The number of hydrogen-bond acceptors (Lipinski definition) is 4. The third-order valence-electron chi connectivity index (χ3n) is 5.20. The molecule has 2 heterocycles. The number of hydrogen-bond donors (Lipinski definition) is 2. The van der Waals surface area contributed by atoms with Gasteiger partial charge in [0.25, 0.3) is 0 Å². The molecule has 136 valence electrons. The zero-order chi connectivity index (χ0) is 17.9. The minimum atomic E-state index is -0.467. The number of aliphatic hydroxyl groups excluding tert-OH is 1. The second-order valence-electron chi connectivity index (χ2n) is 6.92. The van der Waals surface area contributed by atoms with Crippen molar-refractivity contribution in [3.63, 3.8) is 0 Å². The second kappa shape index (κ2) is 7.38. The standard InChI is InChI=1S/C21H24N2O3/c24-20-10-6-16-14-17(7-8-18(16)22-20)26-13-12-23-19(9-11-21(23)25)15-4-2-1-3-5-15/h1-5,7-8,14,19-20,22,24H,6,9-13H2. The van der Waals surface area contributed by atoms with Gasteiger partial charge in [0.1, 0.15) is 18.6 Å². The molecule has 5 heteroatoms. The predicted molar refractivity (Wildman–Crippen MR) is 100 cm³/mol. The van der Waals surface area contributed by atoms with Crippen LogP contribution in [-0.4, -0.2) is 35.3 Å². The summed E-state index contributed by atoms with van der Waals surface area (Å²) in [5, 5.41) is 12.7. The van der Waals surface area contributed by atoms with Gasteiger partial charge in [0.05, 0.1) is 12.6 Å². The number of fused-ring (bicyclic) bond motifs is 1. The summed E-state index contributed by atoms with van der Waals surface area (Å²) in [4.78, 5) is 14.2. The Morgan fingerprint density at radius 1 is 1.12 bits per heavy atom. The molecular formula is C21H24N2O3. The number of amides is 1. The monoisotopic (exact) mass is 352 g/mol. The lowest BCUT2D eigenvalue weighted by Gasteiger charge is -2.26. The molecule has 0 aromatic heterocycles. The number of carbonyl (C=O) groups is 1. The van der Waals surface area contributed by atoms with Crippen LogP contribution in [0.4, 0.5) is 5.69 Å². The van der Waals surface area contributed by atoms with Gasteiger partial charge in [-0.1, -0.05) is 30.3 Å². The van der Waals surface area contributed by atoms with Gasteiger partial charge in [-0.3, -0.25) is 4.79 Å². The van der Waals surface area contributed by atoms with Gasteiger partial charge >= 0.3 is 0 Å². The summed E-state index contributed by atoms with van der Waals surface area (Å²) in [5.74, 6) is 1.01. The van der Waals surface area contributed by atoms with E-state index in [2.05, 4.69) is 17.4 Å². The van der Waals surface area contributed by atoms with Gasteiger partial charge in [0, 0.05) is 12.1 Å². The van der Waals surface area contributed by atoms with Crippen LogP contribution in [0.3, 0.4) is 0 Å². The number of nitrogens with one attached hydrogen (secondary N) is 1. The molecule has 2 aromatic carbocycles. The molecule has 1 saturated heterocycles. The fourth-order valence-electron chi connectivity index (χ4n) is 3.85. The van der Waals surface area contributed by atoms with Crippen LogP contribution >= 0.6 is 0 Å². The van der Waals surface area contributed by atoms with E-state index in [9.17, 15) is 9.90 Å². The van der Waals surface area contributed by atoms with Crippen LogP contribution in [0.2, 0.25) is 0 Å². The van der Waals surface area contributed by atoms with E-state index in [1.165, 1.54) is 5.56 Å². The lowest BCUT2D eigenvalue weighted by Crippen LogP contribution is -2.31. The lowest BCUT2D eigenvalue weighted by atomic mass is 10.0. The smallest absolute Gasteiger partial charge is 0.223 e. The number of nitrogens with zero attached hydrogens (tertiary/aromatic N) is 1. The molecule has 2 aliphatic heterocycles. The maximum absolute atomic E-state index is 12.3. The number of benzene rings is 2. The van der Waals surface area contributed by atoms with Crippen LogP contribution < -0.4 is 10.1 Å². The van der Waals surface area contributed by atoms with Crippen molar-refractivity contribution in [2.24, 2.45) is 0 Å². The van der Waals surface area contributed by atoms with Crippen LogP contribution in [0.25, 0.3) is 0 Å². The minimum absolute atomic E-state index is 0.154. The fraction of sp³-hybridized carbons (Fsp3) is 0.381. The molecule has 2 unspecified atom stereocenters. The zero-order valence-corrected chi connectivity index (χ0v) is 14.7. The Labute approximate surface area is 153 Å². The first-order chi connectivity index (χ1) is 12.7. The number of aliphatic hydroxyl groups is 1. The van der Waals surface area contributed by atoms with E-state index in [4.69, 9.17) is 4.74 Å². The summed E-state index contributed by atoms with van der Waals surface area (Å²) in [6, 6.07) is 16.2. The van der Waals surface area contributed by atoms with Crippen molar-refractivity contribution >= 4 is 11.6 Å². The Morgan fingerprint density at radius 3 is 2.81 bits per heavy atom. The van der Waals surface area contributed by atoms with Gasteiger partial charge in [-0.25, -0.2) is 0 Å². The maximum atomic E-state index is 12.3. The number of rotatable bonds is 5. The van der Waals surface area contributed by atoms with Gasteiger partial charge in [0.2, 0.25) is 5.91 Å². The van der Waals surface area contributed by atoms with Crippen LogP contribution in [0.1, 0.15) is 36.4 Å². The van der Waals surface area contributed by atoms with Gasteiger partial charge in [-0.05, 0) is 48.6 Å². The number of carbonyl (C=O) groups excluding carboxylic acids is 1. The highest BCUT2D eigenvalue weighted by Crippen LogP contribution is 2.32. The topological polar surface area (TPSA) is 61.8 Å². The molecule has 0 saturated carbocycles. The van der Waals surface area contributed by atoms with E-state index in [0.717, 1.165) is 29.8 Å². The highest BCUT2D eigenvalue weighted by atomic mass is 16.5. The predicted octanol–water partition coefficient (Wildman–Crippen LogP) is 3.11. The molecule has 2 atom stereocenters. The first-order valence-corrected chi connectivity index (χ1v) is 9.25. The minimum Gasteiger partial charge on any atom is -0.492 e. The van der Waals surface area contributed by atoms with Crippen molar-refractivity contribution < 1.29 is 14.6 Å². The van der Waals surface area contributed by atoms with Crippen LogP contribution in [-0.2, 0) is 11.2 Å². The van der Waals surface area contributed by atoms with Gasteiger partial charge in [-0.15, -0.1) is 0 Å². The number of aryl methyl sites for hydroxylation is 1. The van der Waals surface area contributed by atoms with Gasteiger partial charge in [-0.2, -0.15) is 0 Å². The normalized spacial score (nSPS) is 22.0. The second-order valence-corrected chi connectivity index (χ2v) is 6.92. The van der Waals surface area contributed by atoms with E-state index in [1.807, 2.05) is 41.3 Å². The van der Waals surface area contributed by atoms with Crippen molar-refractivity contribution in [2.75, 3.05) is 18.5 Å². The molecule has 26 heavy (non-hydrogen) atoms. The van der Waals surface area contributed by atoms with E-state index < -0.39 is 6.23 Å². The lowest BCUT2D eigenvalue weighted by molar-refractivity contribution is -0.129. The number of likely N-dealkylation sites (tertiary alicyclic amines) is 1. The van der Waals surface area contributed by atoms with Gasteiger partial charge in [0.15, 0.2) is 0 Å². The van der Waals surface area contributed by atoms with Crippen molar-refractivity contribution in [2.45, 2.75) is 38.0 Å². The summed E-state index contributed by atoms with van der Waals surface area (Å²) in [6.07, 6.45) is 2.55. The van der Waals surface area contributed by atoms with E-state index in [0.29, 0.717) is 26.0 Å². The van der Waals surface area contributed by atoms with E-state index in [1.54, 1.807) is 0 Å². The summed E-state index contributed by atoms with van der Waals surface area (Å²) in [6.45, 7) is 1.07. The van der Waals surface area contributed by atoms with E-state index >= 15 is 0 Å². The molecule has 5 nitrogen and oxygen atoms in total. The van der Waals surface area contributed by atoms with Crippen molar-refractivity contribution in [3.8, 4) is 5.75 Å². The molecule has 0 radical (unpaired) electrons. The Kier molecular flexibility index (Phi) is 4.80. The summed E-state index contributed by atoms with van der Waals surface area (Å²) in [7, 11) is 0. The Hall–Kier alpha value is -2.53. The maximum Gasteiger partial charge on any atom is 0.223 e. The average Bonchev–Trinajstić information content (AvgIpc) is 3.03. The third-order valence-corrected chi connectivity index (χ3v) is 5.20. The highest BCUT2D eigenvalue weighted by Gasteiger charge is 2.31. The highest BCUT2D eigenvalue weighted by molar-refractivity contribution is 5.79. The van der Waals surface area contributed by atoms with Crippen molar-refractivity contribution in [1.29, 1.82) is 0 Å². The molecular weight excluding hydrogens is 328 g/mol. The molecule has 0 spiro atoms. The van der Waals surface area contributed by atoms with Gasteiger partial charge < -0.3 is 20.1 Å². The Balaban J connectivity index is 1.37. The fourth-order valence-corrected chi connectivity index (χ4v) is 3.85. The Morgan fingerprint density at radius 2 is 1.96 bits per heavy atom. The summed E-state index contributed by atoms with van der Waals surface area (Å²) < 4.78 is 5.91. The molecule has 1 amide bonds. The SMILES string of the molecule is O=C1CCC(c2ccccc2)N1CCOc1ccc2c(c1)CCC(O)N2. The number of ether oxygens (including phenoxy) is 1. The molecule has 4 rings (SSSR count). The number of anilines is 1. The average molecular weight is 352 g/mol. The summed E-state index contributed by atoms with van der Waals surface area (Å²) >= 11 is 0. The Bertz CT molecular complexity index is 778. The first kappa shape index (κ1) is 16.9. The molecule has 0 bridgehead atoms. The van der Waals surface area contributed by atoms with Crippen LogP contribution in [0.15, 0.2) is 48.5 Å². The van der Waals surface area contributed by atoms with Crippen molar-refractivity contribution in [3.05, 3.63) is 59.7 Å². The molecule has 2 N–H and O–H groups in total. The zero-order valence-electron chi connectivity index (χ0n) is 14.7. The molecule has 2 aliphatic rings. The molecule has 1 fully saturated rings.